The lowest BCUT2D eigenvalue weighted by molar-refractivity contribution is -0.0509. The minimum absolute atomic E-state index is 0.160. The number of rotatable bonds is 4. The number of pyridine rings is 1. The maximum Gasteiger partial charge on any atom is 0.168 e. The molecule has 19 heavy (non-hydrogen) atoms. The Morgan fingerprint density at radius 3 is 2.89 bits per heavy atom. The van der Waals surface area contributed by atoms with Gasteiger partial charge in [0.1, 0.15) is 18.1 Å². The summed E-state index contributed by atoms with van der Waals surface area (Å²) in [5, 5.41) is 0. The number of nitrogens with zero attached hydrogens (tertiary/aromatic N) is 1. The van der Waals surface area contributed by atoms with Crippen LogP contribution in [-0.4, -0.2) is 29.6 Å². The lowest BCUT2D eigenvalue weighted by Gasteiger charge is -2.23. The molecule has 1 aromatic heterocycles. The van der Waals surface area contributed by atoms with Crippen LogP contribution in [0.4, 0.5) is 0 Å². The van der Waals surface area contributed by atoms with Crippen molar-refractivity contribution in [1.29, 1.82) is 0 Å². The van der Waals surface area contributed by atoms with Gasteiger partial charge >= 0.3 is 0 Å². The molecule has 1 atom stereocenters. The second kappa shape index (κ2) is 5.29. The number of carbonyl (C=O) groups is 1. The minimum Gasteiger partial charge on any atom is -0.489 e. The maximum absolute atomic E-state index is 10.5. The predicted octanol–water partition coefficient (Wildman–Crippen LogP) is 2.76. The van der Waals surface area contributed by atoms with Crippen LogP contribution in [0.25, 0.3) is 0 Å². The summed E-state index contributed by atoms with van der Waals surface area (Å²) in [4.78, 5) is 14.5. The molecule has 1 spiro atoms. The van der Waals surface area contributed by atoms with E-state index in [0.717, 1.165) is 12.7 Å². The lowest BCUT2D eigenvalue weighted by atomic mass is 9.98. The third kappa shape index (κ3) is 2.78. The van der Waals surface area contributed by atoms with Gasteiger partial charge in [-0.3, -0.25) is 4.79 Å². The van der Waals surface area contributed by atoms with Gasteiger partial charge in [-0.05, 0) is 37.8 Å². The van der Waals surface area contributed by atoms with Crippen molar-refractivity contribution in [2.24, 2.45) is 0 Å². The first-order valence-electron chi connectivity index (χ1n) is 7.02. The summed E-state index contributed by atoms with van der Waals surface area (Å²) in [7, 11) is 0. The predicted molar refractivity (Wildman–Crippen MR) is 70.4 cm³/mol. The third-order valence-electron chi connectivity index (χ3n) is 4.17. The van der Waals surface area contributed by atoms with E-state index in [4.69, 9.17) is 9.47 Å². The van der Waals surface area contributed by atoms with Crippen LogP contribution in [-0.2, 0) is 4.74 Å². The highest BCUT2D eigenvalue weighted by Gasteiger charge is 2.42. The van der Waals surface area contributed by atoms with E-state index in [2.05, 4.69) is 4.98 Å². The molecule has 0 amide bonds. The van der Waals surface area contributed by atoms with Crippen molar-refractivity contribution in [1.82, 2.24) is 4.98 Å². The van der Waals surface area contributed by atoms with Crippen molar-refractivity contribution in [3.63, 3.8) is 0 Å². The normalized spacial score (nSPS) is 24.7. The zero-order valence-corrected chi connectivity index (χ0v) is 11.0. The molecule has 1 saturated carbocycles. The van der Waals surface area contributed by atoms with E-state index in [1.165, 1.54) is 32.1 Å². The van der Waals surface area contributed by atoms with E-state index in [-0.39, 0.29) is 11.7 Å². The fourth-order valence-electron chi connectivity index (χ4n) is 3.14. The van der Waals surface area contributed by atoms with Gasteiger partial charge in [0.15, 0.2) is 6.29 Å². The third-order valence-corrected chi connectivity index (χ3v) is 4.17. The SMILES string of the molecule is O=Cc1ccc(OCC2CCC3(CCCC3)O2)cn1. The van der Waals surface area contributed by atoms with Gasteiger partial charge in [0.2, 0.25) is 0 Å². The topological polar surface area (TPSA) is 48.4 Å². The monoisotopic (exact) mass is 261 g/mol. The van der Waals surface area contributed by atoms with Crippen LogP contribution in [0.1, 0.15) is 49.0 Å². The van der Waals surface area contributed by atoms with Crippen LogP contribution in [0, 0.1) is 0 Å². The molecule has 4 heteroatoms. The summed E-state index contributed by atoms with van der Waals surface area (Å²) in [6.45, 7) is 0.573. The minimum atomic E-state index is 0.160. The van der Waals surface area contributed by atoms with E-state index in [0.29, 0.717) is 18.1 Å². The van der Waals surface area contributed by atoms with Crippen LogP contribution in [0.15, 0.2) is 18.3 Å². The van der Waals surface area contributed by atoms with Crippen LogP contribution in [0.3, 0.4) is 0 Å². The van der Waals surface area contributed by atoms with Gasteiger partial charge in [-0.25, -0.2) is 4.98 Å². The van der Waals surface area contributed by atoms with Crippen molar-refractivity contribution in [3.8, 4) is 5.75 Å². The maximum atomic E-state index is 10.5. The first kappa shape index (κ1) is 12.6. The summed E-state index contributed by atoms with van der Waals surface area (Å²) < 4.78 is 11.9. The fraction of sp³-hybridized carbons (Fsp3) is 0.600. The Hall–Kier alpha value is -1.42. The largest absolute Gasteiger partial charge is 0.489 e. The lowest BCUT2D eigenvalue weighted by Crippen LogP contribution is -2.27. The summed E-state index contributed by atoms with van der Waals surface area (Å²) in [5.74, 6) is 0.696. The van der Waals surface area contributed by atoms with Crippen molar-refractivity contribution < 1.29 is 14.3 Å². The molecule has 3 rings (SSSR count). The molecule has 0 radical (unpaired) electrons. The van der Waals surface area contributed by atoms with Gasteiger partial charge in [-0.2, -0.15) is 0 Å². The smallest absolute Gasteiger partial charge is 0.168 e. The molecule has 0 bridgehead atoms. The molecule has 4 nitrogen and oxygen atoms in total. The number of hydrogen-bond acceptors (Lipinski definition) is 4. The van der Waals surface area contributed by atoms with Crippen molar-refractivity contribution in [2.75, 3.05) is 6.61 Å². The van der Waals surface area contributed by atoms with Crippen molar-refractivity contribution in [2.45, 2.75) is 50.2 Å². The van der Waals surface area contributed by atoms with Crippen LogP contribution in [0.2, 0.25) is 0 Å². The number of aromatic nitrogens is 1. The Morgan fingerprint density at radius 2 is 2.21 bits per heavy atom. The Balaban J connectivity index is 1.51. The standard InChI is InChI=1S/C15H19NO3/c17-10-12-3-4-13(9-16-12)18-11-14-5-8-15(19-14)6-1-2-7-15/h3-4,9-10,14H,1-2,5-8,11H2. The van der Waals surface area contributed by atoms with Gasteiger partial charge in [0.25, 0.3) is 0 Å². The molecule has 1 unspecified atom stereocenters. The average molecular weight is 261 g/mol. The molecule has 0 aromatic carbocycles. The summed E-state index contributed by atoms with van der Waals surface area (Å²) in [6, 6.07) is 3.44. The molecule has 1 aromatic rings. The molecular weight excluding hydrogens is 242 g/mol. The summed E-state index contributed by atoms with van der Waals surface area (Å²) in [6.07, 6.45) is 9.78. The first-order chi connectivity index (χ1) is 9.30. The highest BCUT2D eigenvalue weighted by molar-refractivity contribution is 5.71. The zero-order chi connectivity index (χ0) is 13.1. The second-order valence-corrected chi connectivity index (χ2v) is 5.52. The molecular formula is C15H19NO3. The Bertz CT molecular complexity index is 437. The van der Waals surface area contributed by atoms with E-state index >= 15 is 0 Å². The molecule has 0 N–H and O–H groups in total. The molecule has 2 heterocycles. The van der Waals surface area contributed by atoms with Crippen molar-refractivity contribution >= 4 is 6.29 Å². The van der Waals surface area contributed by atoms with Crippen molar-refractivity contribution in [3.05, 3.63) is 24.0 Å². The molecule has 1 aliphatic carbocycles. The first-order valence-corrected chi connectivity index (χ1v) is 7.02. The van der Waals surface area contributed by atoms with Gasteiger partial charge in [-0.1, -0.05) is 12.8 Å². The van der Waals surface area contributed by atoms with Crippen LogP contribution >= 0.6 is 0 Å². The van der Waals surface area contributed by atoms with Gasteiger partial charge < -0.3 is 9.47 Å². The fourth-order valence-corrected chi connectivity index (χ4v) is 3.14. The second-order valence-electron chi connectivity index (χ2n) is 5.52. The van der Waals surface area contributed by atoms with Gasteiger partial charge in [-0.15, -0.1) is 0 Å². The van der Waals surface area contributed by atoms with E-state index < -0.39 is 0 Å². The number of hydrogen-bond donors (Lipinski definition) is 0. The molecule has 1 saturated heterocycles. The van der Waals surface area contributed by atoms with E-state index in [1.54, 1.807) is 18.3 Å². The van der Waals surface area contributed by atoms with E-state index in [9.17, 15) is 4.79 Å². The van der Waals surface area contributed by atoms with Gasteiger partial charge in [0, 0.05) is 0 Å². The Kier molecular flexibility index (Phi) is 3.51. The molecule has 1 aliphatic heterocycles. The highest BCUT2D eigenvalue weighted by Crippen LogP contribution is 2.43. The molecule has 2 fully saturated rings. The Morgan fingerprint density at radius 1 is 1.37 bits per heavy atom. The molecule has 2 aliphatic rings. The number of carbonyl (C=O) groups excluding carboxylic acids is 1. The number of aldehydes is 1. The number of ether oxygens (including phenoxy) is 2. The quantitative estimate of drug-likeness (QED) is 0.782. The average Bonchev–Trinajstić information content (AvgIpc) is 3.08. The molecule has 102 valence electrons. The Labute approximate surface area is 113 Å². The summed E-state index contributed by atoms with van der Waals surface area (Å²) >= 11 is 0. The van der Waals surface area contributed by atoms with Crippen LogP contribution < -0.4 is 4.74 Å². The zero-order valence-electron chi connectivity index (χ0n) is 11.0. The van der Waals surface area contributed by atoms with Gasteiger partial charge in [0.05, 0.1) is 17.9 Å². The highest BCUT2D eigenvalue weighted by atomic mass is 16.6. The van der Waals surface area contributed by atoms with Crippen LogP contribution in [0.5, 0.6) is 5.75 Å². The summed E-state index contributed by atoms with van der Waals surface area (Å²) in [5.41, 5.74) is 0.586. The van der Waals surface area contributed by atoms with E-state index in [1.807, 2.05) is 0 Å².